The molecule has 7 nitrogen and oxygen atoms in total. The van der Waals surface area contributed by atoms with Crippen molar-refractivity contribution in [3.63, 3.8) is 0 Å². The number of tetrazole rings is 1. The van der Waals surface area contributed by atoms with Gasteiger partial charge in [0.05, 0.1) is 18.6 Å². The van der Waals surface area contributed by atoms with Crippen LogP contribution in [0.2, 0.25) is 0 Å². The topological polar surface area (TPSA) is 90.1 Å². The van der Waals surface area contributed by atoms with Crippen molar-refractivity contribution in [1.29, 1.82) is 0 Å². The minimum Gasteiger partial charge on any atom is -0.481 e. The van der Waals surface area contributed by atoms with Crippen LogP contribution in [-0.2, 0) is 16.1 Å². The number of carbonyl (C=O) groups is 1. The number of hydrogen-bond acceptors (Lipinski definition) is 5. The van der Waals surface area contributed by atoms with E-state index in [1.807, 2.05) is 0 Å². The molecule has 1 atom stereocenters. The van der Waals surface area contributed by atoms with Gasteiger partial charge in [0.25, 0.3) is 0 Å². The summed E-state index contributed by atoms with van der Waals surface area (Å²) in [5.74, 6) is 0.226. The molecule has 2 heterocycles. The van der Waals surface area contributed by atoms with Crippen LogP contribution in [0.4, 0.5) is 0 Å². The SMILES string of the molecule is O=C(O)C1(Cn2nnnc2C2CCOC2)CCC1. The molecule has 0 radical (unpaired) electrons. The van der Waals surface area contributed by atoms with Crippen LogP contribution >= 0.6 is 0 Å². The Morgan fingerprint density at radius 1 is 1.56 bits per heavy atom. The van der Waals surface area contributed by atoms with Gasteiger partial charge in [-0.25, -0.2) is 4.68 Å². The smallest absolute Gasteiger partial charge is 0.311 e. The van der Waals surface area contributed by atoms with Gasteiger partial charge in [-0.2, -0.15) is 0 Å². The number of ether oxygens (including phenoxy) is 1. The zero-order valence-electron chi connectivity index (χ0n) is 10.1. The van der Waals surface area contributed by atoms with Gasteiger partial charge in [0.1, 0.15) is 0 Å². The highest BCUT2D eigenvalue weighted by molar-refractivity contribution is 5.75. The molecule has 0 amide bonds. The number of carboxylic acids is 1. The molecular formula is C11H16N4O3. The molecule has 0 bridgehead atoms. The fourth-order valence-electron chi connectivity index (χ4n) is 2.68. The number of hydrogen-bond donors (Lipinski definition) is 1. The summed E-state index contributed by atoms with van der Waals surface area (Å²) in [6.45, 7) is 1.73. The molecule has 1 saturated heterocycles. The Labute approximate surface area is 104 Å². The van der Waals surface area contributed by atoms with E-state index in [-0.39, 0.29) is 5.92 Å². The molecule has 2 fully saturated rings. The Balaban J connectivity index is 1.80. The van der Waals surface area contributed by atoms with Crippen LogP contribution in [0.5, 0.6) is 0 Å². The van der Waals surface area contributed by atoms with E-state index in [1.165, 1.54) is 0 Å². The lowest BCUT2D eigenvalue weighted by Crippen LogP contribution is -2.42. The molecule has 1 saturated carbocycles. The van der Waals surface area contributed by atoms with E-state index in [2.05, 4.69) is 15.5 Å². The first kappa shape index (κ1) is 11.6. The summed E-state index contributed by atoms with van der Waals surface area (Å²) >= 11 is 0. The number of carboxylic acid groups (broad SMARTS) is 1. The Bertz CT molecular complexity index is 449. The van der Waals surface area contributed by atoms with Gasteiger partial charge in [0.2, 0.25) is 0 Å². The highest BCUT2D eigenvalue weighted by Gasteiger charge is 2.45. The third-order valence-corrected chi connectivity index (χ3v) is 4.07. The van der Waals surface area contributed by atoms with Crippen LogP contribution in [-0.4, -0.2) is 44.5 Å². The Morgan fingerprint density at radius 2 is 2.39 bits per heavy atom. The van der Waals surface area contributed by atoms with E-state index in [4.69, 9.17) is 4.74 Å². The average Bonchev–Trinajstić information content (AvgIpc) is 2.93. The lowest BCUT2D eigenvalue weighted by molar-refractivity contribution is -0.156. The third-order valence-electron chi connectivity index (χ3n) is 4.07. The maximum atomic E-state index is 11.4. The van der Waals surface area contributed by atoms with Gasteiger partial charge in [-0.05, 0) is 29.7 Å². The zero-order chi connectivity index (χ0) is 12.6. The molecule has 1 aromatic heterocycles. The first-order valence-electron chi connectivity index (χ1n) is 6.28. The minimum atomic E-state index is -0.738. The van der Waals surface area contributed by atoms with E-state index in [0.717, 1.165) is 25.3 Å². The van der Waals surface area contributed by atoms with Gasteiger partial charge in [-0.3, -0.25) is 4.79 Å². The second kappa shape index (κ2) is 4.31. The van der Waals surface area contributed by atoms with Crippen LogP contribution in [0.25, 0.3) is 0 Å². The van der Waals surface area contributed by atoms with Crippen LogP contribution < -0.4 is 0 Å². The molecule has 0 aromatic carbocycles. The van der Waals surface area contributed by atoms with E-state index in [1.54, 1.807) is 4.68 Å². The van der Waals surface area contributed by atoms with Crippen molar-refractivity contribution >= 4 is 5.97 Å². The molecule has 1 aromatic rings. The number of nitrogens with zero attached hydrogens (tertiary/aromatic N) is 4. The summed E-state index contributed by atoms with van der Waals surface area (Å²) in [4.78, 5) is 11.4. The second-order valence-electron chi connectivity index (χ2n) is 5.19. The fourth-order valence-corrected chi connectivity index (χ4v) is 2.68. The predicted molar refractivity (Wildman–Crippen MR) is 59.9 cm³/mol. The van der Waals surface area contributed by atoms with Crippen molar-refractivity contribution in [3.8, 4) is 0 Å². The van der Waals surface area contributed by atoms with E-state index in [9.17, 15) is 9.90 Å². The largest absolute Gasteiger partial charge is 0.481 e. The quantitative estimate of drug-likeness (QED) is 0.835. The summed E-state index contributed by atoms with van der Waals surface area (Å²) in [5.41, 5.74) is -0.663. The van der Waals surface area contributed by atoms with Gasteiger partial charge >= 0.3 is 5.97 Å². The minimum absolute atomic E-state index is 0.200. The summed E-state index contributed by atoms with van der Waals surface area (Å²) in [5, 5.41) is 21.0. The molecule has 18 heavy (non-hydrogen) atoms. The molecule has 7 heteroatoms. The second-order valence-corrected chi connectivity index (χ2v) is 5.19. The third kappa shape index (κ3) is 1.78. The van der Waals surface area contributed by atoms with Gasteiger partial charge in [0, 0.05) is 12.5 Å². The van der Waals surface area contributed by atoms with Crippen molar-refractivity contribution in [2.75, 3.05) is 13.2 Å². The number of rotatable bonds is 4. The first-order valence-corrected chi connectivity index (χ1v) is 6.28. The molecule has 1 aliphatic carbocycles. The summed E-state index contributed by atoms with van der Waals surface area (Å²) in [6, 6.07) is 0. The van der Waals surface area contributed by atoms with Crippen molar-refractivity contribution in [2.45, 2.75) is 38.1 Å². The van der Waals surface area contributed by atoms with E-state index < -0.39 is 11.4 Å². The number of aromatic nitrogens is 4. The van der Waals surface area contributed by atoms with E-state index in [0.29, 0.717) is 26.0 Å². The normalized spacial score (nSPS) is 25.9. The maximum Gasteiger partial charge on any atom is 0.311 e. The van der Waals surface area contributed by atoms with Crippen LogP contribution in [0.15, 0.2) is 0 Å². The van der Waals surface area contributed by atoms with Crippen LogP contribution in [0.3, 0.4) is 0 Å². The monoisotopic (exact) mass is 252 g/mol. The molecule has 3 rings (SSSR count). The summed E-state index contributed by atoms with van der Waals surface area (Å²) in [6.07, 6.45) is 3.29. The maximum absolute atomic E-state index is 11.4. The van der Waals surface area contributed by atoms with E-state index >= 15 is 0 Å². The Morgan fingerprint density at radius 3 is 2.94 bits per heavy atom. The van der Waals surface area contributed by atoms with Crippen LogP contribution in [0, 0.1) is 5.41 Å². The highest BCUT2D eigenvalue weighted by atomic mass is 16.5. The standard InChI is InChI=1S/C11H16N4O3/c16-10(17)11(3-1-4-11)7-15-9(12-13-14-15)8-2-5-18-6-8/h8H,1-7H2,(H,16,17). The zero-order valence-corrected chi connectivity index (χ0v) is 10.1. The molecule has 0 spiro atoms. The van der Waals surface area contributed by atoms with Gasteiger partial charge < -0.3 is 9.84 Å². The highest BCUT2D eigenvalue weighted by Crippen LogP contribution is 2.43. The Hall–Kier alpha value is -1.50. The average molecular weight is 252 g/mol. The van der Waals surface area contributed by atoms with Gasteiger partial charge in [-0.1, -0.05) is 6.42 Å². The lowest BCUT2D eigenvalue weighted by atomic mass is 9.69. The van der Waals surface area contributed by atoms with Crippen molar-refractivity contribution in [3.05, 3.63) is 5.82 Å². The van der Waals surface area contributed by atoms with Crippen LogP contribution in [0.1, 0.15) is 37.4 Å². The summed E-state index contributed by atoms with van der Waals surface area (Å²) in [7, 11) is 0. The van der Waals surface area contributed by atoms with Crippen molar-refractivity contribution in [2.24, 2.45) is 5.41 Å². The number of aliphatic carboxylic acids is 1. The molecule has 98 valence electrons. The van der Waals surface area contributed by atoms with Gasteiger partial charge in [0.15, 0.2) is 5.82 Å². The molecular weight excluding hydrogens is 236 g/mol. The Kier molecular flexibility index (Phi) is 2.77. The fraction of sp³-hybridized carbons (Fsp3) is 0.818. The molecule has 1 unspecified atom stereocenters. The van der Waals surface area contributed by atoms with Crippen molar-refractivity contribution < 1.29 is 14.6 Å². The predicted octanol–water partition coefficient (Wildman–Crippen LogP) is 0.432. The molecule has 1 aliphatic heterocycles. The van der Waals surface area contributed by atoms with Crippen molar-refractivity contribution in [1.82, 2.24) is 20.2 Å². The summed E-state index contributed by atoms with van der Waals surface area (Å²) < 4.78 is 6.99. The van der Waals surface area contributed by atoms with Gasteiger partial charge in [-0.15, -0.1) is 5.10 Å². The molecule has 1 N–H and O–H groups in total. The molecule has 2 aliphatic rings. The lowest BCUT2D eigenvalue weighted by Gasteiger charge is -2.37. The first-order chi connectivity index (χ1) is 8.71.